The minimum absolute atomic E-state index is 0.0103. The van der Waals surface area contributed by atoms with Crippen molar-refractivity contribution in [2.45, 2.75) is 243 Å². The van der Waals surface area contributed by atoms with E-state index in [1.165, 1.54) is 104 Å². The lowest BCUT2D eigenvalue weighted by Gasteiger charge is -2.41. The van der Waals surface area contributed by atoms with Crippen molar-refractivity contribution < 1.29 is 57.8 Å². The third-order valence-corrected chi connectivity index (χ3v) is 19.5. The van der Waals surface area contributed by atoms with E-state index < -0.39 is 161 Å². The second kappa shape index (κ2) is 40.7. The molecule has 1 heterocycles. The molecule has 94 heavy (non-hydrogen) atoms. The first kappa shape index (κ1) is 86.2. The monoisotopic (exact) mass is 1350 g/mol. The molecule has 540 valence electrons. The number of likely N-dealkylation sites (N-methyl/N-ethyl adjacent to an activating group) is 7. The molecular weight excluding hydrogens is 1220 g/mol. The number of amides is 11. The smallest absolute Gasteiger partial charge is 0.246 e. The lowest BCUT2D eigenvalue weighted by molar-refractivity contribution is -0.157. The van der Waals surface area contributed by atoms with E-state index in [-0.39, 0.29) is 49.2 Å². The van der Waals surface area contributed by atoms with Crippen molar-refractivity contribution >= 4 is 76.7 Å². The number of aliphatic hydroxyl groups excluding tert-OH is 1. The summed E-state index contributed by atoms with van der Waals surface area (Å²) in [7, 11) is 10.1. The summed E-state index contributed by atoms with van der Waals surface area (Å²) in [4.78, 5) is 175. The lowest BCUT2D eigenvalue weighted by Crippen LogP contribution is -2.64. The highest BCUT2D eigenvalue weighted by atomic mass is 32.2. The number of thioether (sulfide) groups is 1. The van der Waals surface area contributed by atoms with Gasteiger partial charge in [-0.3, -0.25) is 52.7 Å². The molecule has 1 rings (SSSR count). The number of allylic oxidation sites excluding steroid dienone is 2. The average Bonchev–Trinajstić information content (AvgIpc) is 0.823. The Hall–Kier alpha value is -5.82. The zero-order valence-electron chi connectivity index (χ0n) is 62.3. The van der Waals surface area contributed by atoms with Crippen LogP contribution in [0.25, 0.3) is 0 Å². The summed E-state index contributed by atoms with van der Waals surface area (Å²) in [5.41, 5.74) is 0. The van der Waals surface area contributed by atoms with E-state index in [9.17, 15) is 24.3 Å². The van der Waals surface area contributed by atoms with Crippen LogP contribution in [0.4, 0.5) is 0 Å². The summed E-state index contributed by atoms with van der Waals surface area (Å²) in [6, 6.07) is -13.7. The van der Waals surface area contributed by atoms with E-state index in [4.69, 9.17) is 0 Å². The zero-order chi connectivity index (χ0) is 72.7. The number of nitrogens with one attached hydrogen (secondary N) is 4. The van der Waals surface area contributed by atoms with Gasteiger partial charge in [0.2, 0.25) is 65.0 Å². The van der Waals surface area contributed by atoms with Gasteiger partial charge in [-0.2, -0.15) is 11.8 Å². The fraction of sp³-hybridized carbons (Fsp3) is 0.812. The lowest BCUT2D eigenvalue weighted by atomic mass is 9.91. The third kappa shape index (κ3) is 24.1. The van der Waals surface area contributed by atoms with Crippen molar-refractivity contribution in [3.05, 3.63) is 12.2 Å². The van der Waals surface area contributed by atoms with Crippen molar-refractivity contribution in [1.82, 2.24) is 60.5 Å². The molecule has 0 aliphatic carbocycles. The molecular formula is C69H126N12O12S. The maximum atomic E-state index is 15.4. The topological polar surface area (TPSA) is 282 Å². The maximum Gasteiger partial charge on any atom is 0.246 e. The SMILES string of the molecule is CC=CC[C@@H](C)[C@@H](O)[C@H]1C(=O)N[C@@H](CC)C(=O)N(C)[C@H](CSCCN(CC)CC)C(=O)N(C)[C@@H](C(C)CC)C(=O)N[C@@H](C(C)C)C(=O)N(C)[C@@H](CC(C)C)C(=O)N[C@@H](C)C(=O)N[C@H](C)C(=O)N(C)[C@@H](CC(C)C)C(=O)N(C)[C@@H](CC(C)C)C(=O)N(C)[C@@H](C(C)C)C(=O)N1C. The van der Waals surface area contributed by atoms with Crippen molar-refractivity contribution in [3.63, 3.8) is 0 Å². The second-order valence-electron chi connectivity index (χ2n) is 28.1. The standard InChI is InChI=1S/C69H126N12O12S/c1-27-32-33-46(17)58(82)57-62(86)72-49(29-3)64(88)77(23)53(39-94-35-34-81(30-4)31-5)67(91)79(25)56(45(16)28-2)61(85)73-54(43(12)13)68(92)74(20)50(36-40(6)7)60(84)70-47(18)59(83)71-48(19)63(87)75(21)51(37-41(8)9)65(89)76(22)52(38-42(10)11)66(90)78(24)55(44(14)15)69(93)80(57)26/h27,32,40-58,82H,28-31,33-39H2,1-26H3,(H,70,84)(H,71,83)(H,72,86)(H,73,85)/t45?,46-,47+,48-,49+,50+,51+,52+,53-,54+,55+,56+,57+,58-/m1/s1. The maximum absolute atomic E-state index is 15.4. The average molecular weight is 1350 g/mol. The van der Waals surface area contributed by atoms with Gasteiger partial charge in [-0.15, -0.1) is 0 Å². The predicted molar refractivity (Wildman–Crippen MR) is 372 cm³/mol. The van der Waals surface area contributed by atoms with Crippen LogP contribution in [0.3, 0.4) is 0 Å². The zero-order valence-corrected chi connectivity index (χ0v) is 63.1. The van der Waals surface area contributed by atoms with Gasteiger partial charge in [0, 0.05) is 67.4 Å². The van der Waals surface area contributed by atoms with Crippen molar-refractivity contribution in [1.29, 1.82) is 0 Å². The molecule has 5 N–H and O–H groups in total. The number of aliphatic hydroxyl groups is 1. The van der Waals surface area contributed by atoms with Gasteiger partial charge in [-0.05, 0) is 107 Å². The van der Waals surface area contributed by atoms with Gasteiger partial charge in [-0.25, -0.2) is 0 Å². The first-order chi connectivity index (χ1) is 43.7. The molecule has 25 heteroatoms. The summed E-state index contributed by atoms with van der Waals surface area (Å²) in [6.45, 7) is 36.4. The van der Waals surface area contributed by atoms with Crippen LogP contribution >= 0.6 is 11.8 Å². The van der Waals surface area contributed by atoms with E-state index >= 15 is 33.6 Å². The molecule has 1 aliphatic rings. The Balaban J connectivity index is 4.56. The van der Waals surface area contributed by atoms with Gasteiger partial charge in [-0.1, -0.05) is 129 Å². The molecule has 0 bridgehead atoms. The van der Waals surface area contributed by atoms with Crippen molar-refractivity contribution in [2.24, 2.45) is 41.4 Å². The number of rotatable bonds is 22. The van der Waals surface area contributed by atoms with E-state index in [0.717, 1.165) is 18.0 Å². The Morgan fingerprint density at radius 3 is 1.38 bits per heavy atom. The fourth-order valence-electron chi connectivity index (χ4n) is 12.0. The molecule has 1 aliphatic heterocycles. The Labute approximate surface area is 569 Å². The number of carbonyl (C=O) groups excluding carboxylic acids is 11. The predicted octanol–water partition coefficient (Wildman–Crippen LogP) is 4.71. The first-order valence-electron chi connectivity index (χ1n) is 34.3. The Morgan fingerprint density at radius 1 is 0.479 bits per heavy atom. The second-order valence-corrected chi connectivity index (χ2v) is 29.2. The summed E-state index contributed by atoms with van der Waals surface area (Å²) < 4.78 is 0. The molecule has 0 saturated carbocycles. The largest absolute Gasteiger partial charge is 0.390 e. The van der Waals surface area contributed by atoms with E-state index in [1.54, 1.807) is 54.5 Å². The van der Waals surface area contributed by atoms with Crippen LogP contribution in [0.1, 0.15) is 170 Å². The molecule has 0 aromatic carbocycles. The highest BCUT2D eigenvalue weighted by Gasteiger charge is 2.47. The number of hydrogen-bond acceptors (Lipinski definition) is 14. The molecule has 0 aromatic rings. The molecule has 0 spiro atoms. The van der Waals surface area contributed by atoms with Crippen molar-refractivity contribution in [2.75, 3.05) is 80.5 Å². The quantitative estimate of drug-likeness (QED) is 0.0726. The van der Waals surface area contributed by atoms with Crippen LogP contribution in [-0.2, 0) is 52.7 Å². The van der Waals surface area contributed by atoms with Crippen LogP contribution in [0.15, 0.2) is 12.2 Å². The number of nitrogens with zero attached hydrogens (tertiary/aromatic N) is 8. The van der Waals surface area contributed by atoms with Crippen LogP contribution in [-0.4, -0.2) is 262 Å². The molecule has 1 unspecified atom stereocenters. The highest BCUT2D eigenvalue weighted by Crippen LogP contribution is 2.27. The van der Waals surface area contributed by atoms with Gasteiger partial charge in [0.1, 0.15) is 66.5 Å². The van der Waals surface area contributed by atoms with Crippen LogP contribution in [0.5, 0.6) is 0 Å². The Bertz CT molecular complexity index is 2530. The van der Waals surface area contributed by atoms with E-state index in [1.807, 2.05) is 75.3 Å². The van der Waals surface area contributed by atoms with Crippen LogP contribution in [0, 0.1) is 41.4 Å². The van der Waals surface area contributed by atoms with E-state index in [0.29, 0.717) is 25.1 Å². The molecule has 11 amide bonds. The van der Waals surface area contributed by atoms with Crippen LogP contribution < -0.4 is 21.3 Å². The van der Waals surface area contributed by atoms with Gasteiger partial charge in [0.15, 0.2) is 0 Å². The number of carbonyl (C=O) groups is 11. The van der Waals surface area contributed by atoms with Gasteiger partial charge in [0.05, 0.1) is 6.10 Å². The number of hydrogen-bond donors (Lipinski definition) is 5. The van der Waals surface area contributed by atoms with E-state index in [2.05, 4.69) is 26.2 Å². The molecule has 14 atom stereocenters. The van der Waals surface area contributed by atoms with Crippen LogP contribution in [0.2, 0.25) is 0 Å². The molecule has 1 saturated heterocycles. The minimum atomic E-state index is -1.63. The van der Waals surface area contributed by atoms with Gasteiger partial charge in [0.25, 0.3) is 0 Å². The molecule has 24 nitrogen and oxygen atoms in total. The molecule has 0 aromatic heterocycles. The summed E-state index contributed by atoms with van der Waals surface area (Å²) in [5.74, 6) is -9.38. The molecule has 0 radical (unpaired) electrons. The Morgan fingerprint density at radius 2 is 0.915 bits per heavy atom. The minimum Gasteiger partial charge on any atom is -0.390 e. The highest BCUT2D eigenvalue weighted by molar-refractivity contribution is 7.99. The van der Waals surface area contributed by atoms with Crippen molar-refractivity contribution in [3.8, 4) is 0 Å². The fourth-order valence-corrected chi connectivity index (χ4v) is 13.2. The third-order valence-electron chi connectivity index (χ3n) is 18.5. The summed E-state index contributed by atoms with van der Waals surface area (Å²) in [6.07, 6.45) is 3.28. The summed E-state index contributed by atoms with van der Waals surface area (Å²) in [5, 5.41) is 23.5. The normalized spacial score (nSPS) is 26.6. The summed E-state index contributed by atoms with van der Waals surface area (Å²) >= 11 is 1.44. The Kier molecular flexibility index (Phi) is 37.3. The molecule has 1 fully saturated rings. The van der Waals surface area contributed by atoms with Gasteiger partial charge < -0.3 is 65.6 Å². The first-order valence-corrected chi connectivity index (χ1v) is 35.5. The van der Waals surface area contributed by atoms with Gasteiger partial charge >= 0.3 is 0 Å².